The normalized spacial score (nSPS) is 40.4. The van der Waals surface area contributed by atoms with E-state index in [1.165, 1.54) is 0 Å². The summed E-state index contributed by atoms with van der Waals surface area (Å²) in [5.41, 5.74) is 0. The Labute approximate surface area is 93.4 Å². The van der Waals surface area contributed by atoms with Gasteiger partial charge in [-0.05, 0) is 6.42 Å². The molecule has 6 heteroatoms. The Balaban J connectivity index is 2.04. The molecule has 1 amide bonds. The molecule has 6 nitrogen and oxygen atoms in total. The van der Waals surface area contributed by atoms with Gasteiger partial charge in [-0.1, -0.05) is 0 Å². The molecule has 2 rings (SSSR count). The summed E-state index contributed by atoms with van der Waals surface area (Å²) in [5, 5.41) is 28.5. The zero-order valence-electron chi connectivity index (χ0n) is 8.95. The Kier molecular flexibility index (Phi) is 3.44. The van der Waals surface area contributed by atoms with Crippen LogP contribution in [0.5, 0.6) is 0 Å². The van der Waals surface area contributed by atoms with Gasteiger partial charge < -0.3 is 25.0 Å². The van der Waals surface area contributed by atoms with Gasteiger partial charge in [0.2, 0.25) is 5.91 Å². The van der Waals surface area contributed by atoms with Crippen molar-refractivity contribution in [2.75, 3.05) is 19.8 Å². The van der Waals surface area contributed by atoms with E-state index in [4.69, 9.17) is 9.84 Å². The highest BCUT2D eigenvalue weighted by Gasteiger charge is 2.43. The summed E-state index contributed by atoms with van der Waals surface area (Å²) >= 11 is 0. The minimum atomic E-state index is -1.14. The van der Waals surface area contributed by atoms with Crippen LogP contribution in [0.1, 0.15) is 12.8 Å². The fourth-order valence-electron chi connectivity index (χ4n) is 2.32. The van der Waals surface area contributed by atoms with Gasteiger partial charge in [-0.25, -0.2) is 0 Å². The van der Waals surface area contributed by atoms with Crippen molar-refractivity contribution in [3.8, 4) is 0 Å². The minimum Gasteiger partial charge on any atom is -0.394 e. The van der Waals surface area contributed by atoms with Crippen molar-refractivity contribution in [3.05, 3.63) is 0 Å². The van der Waals surface area contributed by atoms with E-state index in [0.717, 1.165) is 6.42 Å². The van der Waals surface area contributed by atoms with E-state index in [0.29, 0.717) is 13.0 Å². The van der Waals surface area contributed by atoms with E-state index in [-0.39, 0.29) is 19.1 Å². The Bertz CT molecular complexity index is 272. The van der Waals surface area contributed by atoms with E-state index in [2.05, 4.69) is 0 Å². The molecule has 0 unspecified atom stereocenters. The van der Waals surface area contributed by atoms with Crippen LogP contribution < -0.4 is 0 Å². The smallest absolute Gasteiger partial charge is 0.223 e. The van der Waals surface area contributed by atoms with E-state index in [9.17, 15) is 15.0 Å². The van der Waals surface area contributed by atoms with Gasteiger partial charge in [0.15, 0.2) is 0 Å². The third-order valence-electron chi connectivity index (χ3n) is 3.30. The number of carbonyl (C=O) groups is 1. The maximum atomic E-state index is 11.5. The average molecular weight is 231 g/mol. The second kappa shape index (κ2) is 4.67. The van der Waals surface area contributed by atoms with E-state index in [1.54, 1.807) is 4.90 Å². The number of aliphatic hydroxyl groups is 3. The number of rotatable bonds is 2. The number of ether oxygens (including phenoxy) is 1. The summed E-state index contributed by atoms with van der Waals surface area (Å²) in [5.74, 6) is -0.0118. The Morgan fingerprint density at radius 1 is 1.38 bits per heavy atom. The Morgan fingerprint density at radius 3 is 2.69 bits per heavy atom. The monoisotopic (exact) mass is 231 g/mol. The van der Waals surface area contributed by atoms with Crippen molar-refractivity contribution >= 4 is 5.91 Å². The van der Waals surface area contributed by atoms with Crippen molar-refractivity contribution in [1.82, 2.24) is 4.90 Å². The molecule has 2 fully saturated rings. The predicted octanol–water partition coefficient (Wildman–Crippen LogP) is -1.91. The minimum absolute atomic E-state index is 0.0118. The summed E-state index contributed by atoms with van der Waals surface area (Å²) in [6, 6.07) is -0.493. The molecule has 0 aromatic rings. The molecule has 2 heterocycles. The fourth-order valence-corrected chi connectivity index (χ4v) is 2.32. The SMILES string of the molecule is O=C1CCCN1[C@@H]1CO[C@H](CO)[C@H](O)[C@@H]1O. The van der Waals surface area contributed by atoms with Crippen LogP contribution in [0.2, 0.25) is 0 Å². The summed E-state index contributed by atoms with van der Waals surface area (Å²) in [7, 11) is 0. The lowest BCUT2D eigenvalue weighted by atomic mass is 9.97. The van der Waals surface area contributed by atoms with Crippen LogP contribution in [-0.2, 0) is 9.53 Å². The highest BCUT2D eigenvalue weighted by Crippen LogP contribution is 2.23. The molecule has 0 aromatic heterocycles. The largest absolute Gasteiger partial charge is 0.394 e. The average Bonchev–Trinajstić information content (AvgIpc) is 2.69. The molecule has 0 spiro atoms. The molecule has 0 radical (unpaired) electrons. The number of carbonyl (C=O) groups excluding carboxylic acids is 1. The van der Waals surface area contributed by atoms with Crippen LogP contribution in [0.15, 0.2) is 0 Å². The maximum Gasteiger partial charge on any atom is 0.223 e. The number of hydrogen-bond donors (Lipinski definition) is 3. The van der Waals surface area contributed by atoms with Gasteiger partial charge >= 0.3 is 0 Å². The quantitative estimate of drug-likeness (QED) is 0.516. The molecule has 0 aliphatic carbocycles. The molecule has 4 atom stereocenters. The summed E-state index contributed by atoms with van der Waals surface area (Å²) in [6.07, 6.45) is -1.68. The number of hydrogen-bond acceptors (Lipinski definition) is 5. The molecule has 2 aliphatic heterocycles. The molecular formula is C10H17NO5. The van der Waals surface area contributed by atoms with Crippen molar-refractivity contribution < 1.29 is 24.9 Å². The first-order chi connectivity index (χ1) is 7.65. The van der Waals surface area contributed by atoms with Gasteiger partial charge in [0.1, 0.15) is 18.3 Å². The first-order valence-electron chi connectivity index (χ1n) is 5.53. The third kappa shape index (κ3) is 1.93. The lowest BCUT2D eigenvalue weighted by molar-refractivity contribution is -0.183. The van der Waals surface area contributed by atoms with Crippen molar-refractivity contribution in [3.63, 3.8) is 0 Å². The second-order valence-electron chi connectivity index (χ2n) is 4.29. The molecular weight excluding hydrogens is 214 g/mol. The molecule has 0 bridgehead atoms. The Hall–Kier alpha value is -0.690. The zero-order valence-corrected chi connectivity index (χ0v) is 8.95. The predicted molar refractivity (Wildman–Crippen MR) is 53.6 cm³/mol. The van der Waals surface area contributed by atoms with Gasteiger partial charge in [-0.15, -0.1) is 0 Å². The lowest BCUT2D eigenvalue weighted by Crippen LogP contribution is -2.60. The maximum absolute atomic E-state index is 11.5. The third-order valence-corrected chi connectivity index (χ3v) is 3.30. The van der Waals surface area contributed by atoms with Crippen LogP contribution in [0.4, 0.5) is 0 Å². The van der Waals surface area contributed by atoms with Crippen LogP contribution in [0, 0.1) is 0 Å². The fraction of sp³-hybridized carbons (Fsp3) is 0.900. The van der Waals surface area contributed by atoms with E-state index < -0.39 is 24.4 Å². The number of likely N-dealkylation sites (tertiary alicyclic amines) is 1. The van der Waals surface area contributed by atoms with Crippen LogP contribution >= 0.6 is 0 Å². The van der Waals surface area contributed by atoms with Gasteiger partial charge in [-0.2, -0.15) is 0 Å². The molecule has 16 heavy (non-hydrogen) atoms. The number of amides is 1. The molecule has 0 aromatic carbocycles. The molecule has 3 N–H and O–H groups in total. The van der Waals surface area contributed by atoms with Gasteiger partial charge in [-0.3, -0.25) is 4.79 Å². The van der Waals surface area contributed by atoms with Crippen LogP contribution in [-0.4, -0.2) is 70.2 Å². The first kappa shape index (κ1) is 11.8. The topological polar surface area (TPSA) is 90.2 Å². The summed E-state index contributed by atoms with van der Waals surface area (Å²) in [6.45, 7) is 0.425. The van der Waals surface area contributed by atoms with Crippen molar-refractivity contribution in [2.24, 2.45) is 0 Å². The molecule has 92 valence electrons. The molecule has 2 saturated heterocycles. The van der Waals surface area contributed by atoms with Gasteiger partial charge in [0, 0.05) is 13.0 Å². The second-order valence-corrected chi connectivity index (χ2v) is 4.29. The highest BCUT2D eigenvalue weighted by atomic mass is 16.5. The van der Waals surface area contributed by atoms with E-state index >= 15 is 0 Å². The first-order valence-corrected chi connectivity index (χ1v) is 5.53. The van der Waals surface area contributed by atoms with Crippen molar-refractivity contribution in [1.29, 1.82) is 0 Å². The number of nitrogens with zero attached hydrogens (tertiary/aromatic N) is 1. The van der Waals surface area contributed by atoms with Crippen LogP contribution in [0.3, 0.4) is 0 Å². The summed E-state index contributed by atoms with van der Waals surface area (Å²) in [4.78, 5) is 13.1. The van der Waals surface area contributed by atoms with Gasteiger partial charge in [0.05, 0.1) is 19.3 Å². The van der Waals surface area contributed by atoms with E-state index in [1.807, 2.05) is 0 Å². The van der Waals surface area contributed by atoms with Gasteiger partial charge in [0.25, 0.3) is 0 Å². The highest BCUT2D eigenvalue weighted by molar-refractivity contribution is 5.78. The van der Waals surface area contributed by atoms with Crippen LogP contribution in [0.25, 0.3) is 0 Å². The van der Waals surface area contributed by atoms with Crippen molar-refractivity contribution in [2.45, 2.75) is 37.2 Å². The summed E-state index contributed by atoms with van der Waals surface area (Å²) < 4.78 is 5.23. The number of aliphatic hydroxyl groups excluding tert-OH is 3. The standard InChI is InChI=1S/C10H17NO5/c12-4-7-10(15)9(14)6(5-16-7)11-3-1-2-8(11)13/h6-7,9-10,12,14-15H,1-5H2/t6-,7-,9-,10+/m1/s1. The Morgan fingerprint density at radius 2 is 2.12 bits per heavy atom. The zero-order chi connectivity index (χ0) is 11.7. The molecule has 2 aliphatic rings. The molecule has 0 saturated carbocycles. The lowest BCUT2D eigenvalue weighted by Gasteiger charge is -2.40.